The Morgan fingerprint density at radius 3 is 2.50 bits per heavy atom. The van der Waals surface area contributed by atoms with E-state index in [2.05, 4.69) is 10.6 Å². The van der Waals surface area contributed by atoms with Crippen molar-refractivity contribution in [1.82, 2.24) is 5.32 Å². The predicted octanol–water partition coefficient (Wildman–Crippen LogP) is 2.49. The van der Waals surface area contributed by atoms with Gasteiger partial charge in [-0.05, 0) is 24.5 Å². The molecule has 10 heteroatoms. The molecule has 176 valence electrons. The van der Waals surface area contributed by atoms with Crippen LogP contribution in [0.3, 0.4) is 0 Å². The van der Waals surface area contributed by atoms with Gasteiger partial charge in [-0.1, -0.05) is 32.0 Å². The summed E-state index contributed by atoms with van der Waals surface area (Å²) in [5, 5.41) is 17.7. The third kappa shape index (κ3) is 2.68. The molecule has 2 N–H and O–H groups in total. The molecular weight excluding hydrogens is 440 g/mol. The highest BCUT2D eigenvalue weighted by Gasteiger charge is 2.71. The Morgan fingerprint density at radius 1 is 1.15 bits per heavy atom. The quantitative estimate of drug-likeness (QED) is 0.404. The van der Waals surface area contributed by atoms with E-state index in [9.17, 15) is 24.5 Å². The van der Waals surface area contributed by atoms with Gasteiger partial charge in [-0.3, -0.25) is 29.8 Å². The van der Waals surface area contributed by atoms with Crippen LogP contribution in [0.25, 0.3) is 0 Å². The van der Waals surface area contributed by atoms with Crippen molar-refractivity contribution in [3.8, 4) is 5.75 Å². The summed E-state index contributed by atoms with van der Waals surface area (Å²) in [6.07, 6.45) is 0. The highest BCUT2D eigenvalue weighted by Crippen LogP contribution is 2.55. The lowest BCUT2D eigenvalue weighted by atomic mass is 9.76. The average Bonchev–Trinajstić information content (AvgIpc) is 3.39. The van der Waals surface area contributed by atoms with E-state index < -0.39 is 40.2 Å². The van der Waals surface area contributed by atoms with Crippen LogP contribution in [0, 0.1) is 34.8 Å². The molecule has 0 aromatic heterocycles. The predicted molar refractivity (Wildman–Crippen MR) is 122 cm³/mol. The Bertz CT molecular complexity index is 1270. The molecule has 5 rings (SSSR count). The lowest BCUT2D eigenvalue weighted by Gasteiger charge is -2.30. The van der Waals surface area contributed by atoms with E-state index in [1.165, 1.54) is 19.2 Å². The number of rotatable bonds is 4. The third-order valence-corrected chi connectivity index (χ3v) is 7.21. The molecule has 4 atom stereocenters. The van der Waals surface area contributed by atoms with Crippen LogP contribution in [-0.4, -0.2) is 35.8 Å². The number of carbonyl (C=O) groups excluding carboxylic acids is 3. The number of hydrogen-bond donors (Lipinski definition) is 2. The minimum absolute atomic E-state index is 0.0448. The monoisotopic (exact) mass is 464 g/mol. The fraction of sp³-hybridized carbons (Fsp3) is 0.375. The molecule has 0 aliphatic carbocycles. The highest BCUT2D eigenvalue weighted by atomic mass is 16.6. The normalized spacial score (nSPS) is 27.4. The summed E-state index contributed by atoms with van der Waals surface area (Å²) in [5.41, 5.74) is 0.209. The van der Waals surface area contributed by atoms with Crippen molar-refractivity contribution in [3.05, 3.63) is 57.6 Å². The zero-order valence-corrected chi connectivity index (χ0v) is 19.1. The van der Waals surface area contributed by atoms with E-state index in [1.807, 2.05) is 13.8 Å². The van der Waals surface area contributed by atoms with Crippen LogP contribution >= 0.6 is 0 Å². The number of hydrogen-bond acceptors (Lipinski definition) is 7. The molecule has 2 aromatic rings. The third-order valence-electron chi connectivity index (χ3n) is 7.21. The molecule has 34 heavy (non-hydrogen) atoms. The fourth-order valence-corrected chi connectivity index (χ4v) is 5.71. The maximum atomic E-state index is 14.0. The van der Waals surface area contributed by atoms with E-state index in [4.69, 9.17) is 4.74 Å². The standard InChI is InChI=1S/C24H24N4O6/c1-11(2)20-18-19(24(26-20)13-7-5-6-8-14(13)25-23(24)31)22(30)27(21(18)29)15-10-17(34-4)16(28(32)33)9-12(15)3/h5-11,18-20,26H,1-4H3,(H,25,31)/t18-,19+,20+,24+/m0/s1. The fourth-order valence-electron chi connectivity index (χ4n) is 5.71. The number of carbonyl (C=O) groups is 3. The summed E-state index contributed by atoms with van der Waals surface area (Å²) in [7, 11) is 1.29. The van der Waals surface area contributed by atoms with Gasteiger partial charge in [0, 0.05) is 29.4 Å². The van der Waals surface area contributed by atoms with E-state index >= 15 is 0 Å². The second-order valence-electron chi connectivity index (χ2n) is 9.30. The maximum Gasteiger partial charge on any atom is 0.311 e. The first-order valence-corrected chi connectivity index (χ1v) is 11.0. The summed E-state index contributed by atoms with van der Waals surface area (Å²) in [6.45, 7) is 5.47. The van der Waals surface area contributed by atoms with Gasteiger partial charge in [-0.2, -0.15) is 0 Å². The first-order valence-electron chi connectivity index (χ1n) is 11.0. The van der Waals surface area contributed by atoms with Gasteiger partial charge in [0.05, 0.1) is 29.6 Å². The number of nitrogens with zero attached hydrogens (tertiary/aromatic N) is 2. The van der Waals surface area contributed by atoms with Gasteiger partial charge in [-0.15, -0.1) is 0 Å². The lowest BCUT2D eigenvalue weighted by molar-refractivity contribution is -0.385. The van der Waals surface area contributed by atoms with Gasteiger partial charge in [0.1, 0.15) is 5.54 Å². The smallest absolute Gasteiger partial charge is 0.311 e. The Hall–Kier alpha value is -3.79. The Balaban J connectivity index is 1.68. The molecule has 3 amide bonds. The second-order valence-corrected chi connectivity index (χ2v) is 9.30. The van der Waals surface area contributed by atoms with Crippen LogP contribution in [0.1, 0.15) is 25.0 Å². The van der Waals surface area contributed by atoms with E-state index in [-0.39, 0.29) is 28.9 Å². The van der Waals surface area contributed by atoms with Crippen molar-refractivity contribution in [2.45, 2.75) is 32.4 Å². The number of anilines is 2. The van der Waals surface area contributed by atoms with Crippen molar-refractivity contribution in [2.24, 2.45) is 17.8 Å². The van der Waals surface area contributed by atoms with Crippen LogP contribution in [0.5, 0.6) is 5.75 Å². The van der Waals surface area contributed by atoms with Gasteiger partial charge in [-0.25, -0.2) is 4.90 Å². The van der Waals surface area contributed by atoms with Crippen LogP contribution in [0.2, 0.25) is 0 Å². The number of para-hydroxylation sites is 1. The Kier molecular flexibility index (Phi) is 4.77. The van der Waals surface area contributed by atoms with Crippen molar-refractivity contribution in [3.63, 3.8) is 0 Å². The van der Waals surface area contributed by atoms with Crippen molar-refractivity contribution in [1.29, 1.82) is 0 Å². The van der Waals surface area contributed by atoms with E-state index in [1.54, 1.807) is 31.2 Å². The molecule has 2 saturated heterocycles. The van der Waals surface area contributed by atoms with Gasteiger partial charge in [0.25, 0.3) is 0 Å². The van der Waals surface area contributed by atoms with Crippen LogP contribution in [0.4, 0.5) is 17.1 Å². The number of nitro groups is 1. The maximum absolute atomic E-state index is 14.0. The number of fused-ring (bicyclic) bond motifs is 4. The SMILES string of the molecule is COc1cc(N2C(=O)[C@@H]3[C@@H](C(C)C)N[C@@]4(C(=O)Nc5ccccc54)[C@H]3C2=O)c(C)cc1[N+](=O)[O-]. The van der Waals surface area contributed by atoms with Gasteiger partial charge >= 0.3 is 5.69 Å². The summed E-state index contributed by atoms with van der Waals surface area (Å²) >= 11 is 0. The number of nitro benzene ring substituents is 1. The van der Waals surface area contributed by atoms with Crippen molar-refractivity contribution < 1.29 is 24.0 Å². The first-order chi connectivity index (χ1) is 16.1. The number of aryl methyl sites for hydroxylation is 1. The summed E-state index contributed by atoms with van der Waals surface area (Å²) in [5.74, 6) is -3.16. The van der Waals surface area contributed by atoms with Gasteiger partial charge in [0.2, 0.25) is 17.7 Å². The number of nitrogens with one attached hydrogen (secondary N) is 2. The minimum Gasteiger partial charge on any atom is -0.490 e. The molecule has 3 aliphatic rings. The number of amides is 3. The highest BCUT2D eigenvalue weighted by molar-refractivity contribution is 6.26. The molecule has 10 nitrogen and oxygen atoms in total. The van der Waals surface area contributed by atoms with Crippen LogP contribution in [-0.2, 0) is 19.9 Å². The molecule has 0 bridgehead atoms. The van der Waals surface area contributed by atoms with Crippen molar-refractivity contribution in [2.75, 3.05) is 17.3 Å². The van der Waals surface area contributed by atoms with E-state index in [0.29, 0.717) is 16.8 Å². The van der Waals surface area contributed by atoms with Crippen LogP contribution in [0.15, 0.2) is 36.4 Å². The molecule has 0 unspecified atom stereocenters. The summed E-state index contributed by atoms with van der Waals surface area (Å²) < 4.78 is 5.18. The average molecular weight is 464 g/mol. The van der Waals surface area contributed by atoms with Gasteiger partial charge < -0.3 is 10.1 Å². The van der Waals surface area contributed by atoms with Gasteiger partial charge in [0.15, 0.2) is 5.75 Å². The molecule has 3 aliphatic heterocycles. The largest absolute Gasteiger partial charge is 0.490 e. The molecular formula is C24H24N4O6. The van der Waals surface area contributed by atoms with Crippen LogP contribution < -0.4 is 20.3 Å². The molecule has 1 spiro atoms. The number of benzene rings is 2. The Morgan fingerprint density at radius 2 is 1.85 bits per heavy atom. The zero-order valence-electron chi connectivity index (χ0n) is 19.1. The molecule has 0 saturated carbocycles. The lowest BCUT2D eigenvalue weighted by Crippen LogP contribution is -2.54. The summed E-state index contributed by atoms with van der Waals surface area (Å²) in [4.78, 5) is 53.1. The minimum atomic E-state index is -1.38. The number of imide groups is 1. The molecule has 2 fully saturated rings. The molecule has 2 aromatic carbocycles. The van der Waals surface area contributed by atoms with Crippen molar-refractivity contribution >= 4 is 34.8 Å². The second kappa shape index (κ2) is 7.36. The topological polar surface area (TPSA) is 131 Å². The molecule has 0 radical (unpaired) electrons. The number of ether oxygens (including phenoxy) is 1. The summed E-state index contributed by atoms with van der Waals surface area (Å²) in [6, 6.07) is 9.36. The number of methoxy groups -OCH3 is 1. The Labute approximate surface area is 195 Å². The first kappa shape index (κ1) is 22.0. The zero-order chi connectivity index (χ0) is 24.5. The van der Waals surface area contributed by atoms with E-state index in [0.717, 1.165) is 4.90 Å². The molecule has 3 heterocycles.